The van der Waals surface area contributed by atoms with Crippen molar-refractivity contribution in [1.82, 2.24) is 0 Å². The van der Waals surface area contributed by atoms with Crippen molar-refractivity contribution in [3.8, 4) is 6.07 Å². The Labute approximate surface area is 222 Å². The molecule has 3 unspecified atom stereocenters. The van der Waals surface area contributed by atoms with Crippen LogP contribution in [0.25, 0.3) is 0 Å². The maximum absolute atomic E-state index is 14.3. The third-order valence-electron chi connectivity index (χ3n) is 12.7. The molecule has 0 aliphatic heterocycles. The molecule has 0 aromatic carbocycles. The van der Waals surface area contributed by atoms with Crippen LogP contribution in [0.3, 0.4) is 0 Å². The maximum Gasteiger partial charge on any atom is 0.311 e. The number of carbonyl (C=O) groups excluding carboxylic acids is 3. The number of fused-ring (bicyclic) bond motifs is 7. The van der Waals surface area contributed by atoms with E-state index in [9.17, 15) is 19.6 Å². The van der Waals surface area contributed by atoms with E-state index in [1.807, 2.05) is 32.9 Å². The molecule has 0 aromatic heterocycles. The summed E-state index contributed by atoms with van der Waals surface area (Å²) in [4.78, 5) is 40.4. The van der Waals surface area contributed by atoms with Gasteiger partial charge in [-0.2, -0.15) is 5.26 Å². The minimum Gasteiger partial charge on any atom is -0.469 e. The van der Waals surface area contributed by atoms with Crippen molar-refractivity contribution in [1.29, 1.82) is 5.26 Å². The molecule has 0 bridgehead atoms. The molecule has 5 rings (SSSR count). The number of Topliss-reactive ketones (excluding diaryl/α,β-unsaturated/α-hetero) is 1. The Kier molecular flexibility index (Phi) is 5.47. The van der Waals surface area contributed by atoms with Crippen molar-refractivity contribution in [2.75, 3.05) is 7.11 Å². The predicted molar refractivity (Wildman–Crippen MR) is 141 cm³/mol. The molecule has 0 spiro atoms. The van der Waals surface area contributed by atoms with Crippen LogP contribution < -0.4 is 0 Å². The second-order valence-corrected chi connectivity index (χ2v) is 14.8. The predicted octanol–water partition coefficient (Wildman–Crippen LogP) is 6.38. The van der Waals surface area contributed by atoms with E-state index in [0.717, 1.165) is 38.5 Å². The van der Waals surface area contributed by atoms with E-state index in [-0.39, 0.29) is 57.1 Å². The second kappa shape index (κ2) is 7.67. The number of ether oxygens (including phenoxy) is 1. The molecule has 0 aromatic rings. The SMILES string of the molecule is COC(=O)[C@@]1(C)CC[C@]2(C)CC[C@]3(C)C(=CC(=O)C4[C@@]5(C)C=C(C#N)C(=O)C(C)(C)C5CC[C@]43C)C2C1. The first-order chi connectivity index (χ1) is 17.0. The molecule has 5 nitrogen and oxygen atoms in total. The molecule has 3 saturated carbocycles. The van der Waals surface area contributed by atoms with E-state index < -0.39 is 16.2 Å². The van der Waals surface area contributed by atoms with E-state index in [0.29, 0.717) is 6.42 Å². The highest BCUT2D eigenvalue weighted by molar-refractivity contribution is 6.05. The van der Waals surface area contributed by atoms with Gasteiger partial charge in [0.15, 0.2) is 11.6 Å². The molecular formula is C32H43NO4. The first-order valence-electron chi connectivity index (χ1n) is 14.1. The van der Waals surface area contributed by atoms with Gasteiger partial charge in [0.2, 0.25) is 0 Å². The lowest BCUT2D eigenvalue weighted by Crippen LogP contribution is -2.65. The smallest absolute Gasteiger partial charge is 0.311 e. The molecule has 0 heterocycles. The number of hydrogen-bond donors (Lipinski definition) is 0. The molecule has 0 saturated heterocycles. The minimum absolute atomic E-state index is 0.0105. The van der Waals surface area contributed by atoms with Crippen LogP contribution in [0.4, 0.5) is 0 Å². The summed E-state index contributed by atoms with van der Waals surface area (Å²) in [6.07, 6.45) is 10.1. The Hall–Kier alpha value is -2.22. The van der Waals surface area contributed by atoms with Gasteiger partial charge in [-0.1, -0.05) is 53.2 Å². The van der Waals surface area contributed by atoms with Crippen molar-refractivity contribution < 1.29 is 19.1 Å². The maximum atomic E-state index is 14.3. The van der Waals surface area contributed by atoms with Gasteiger partial charge >= 0.3 is 5.97 Å². The van der Waals surface area contributed by atoms with Crippen LogP contribution in [0.2, 0.25) is 0 Å². The Bertz CT molecular complexity index is 1200. The molecular weight excluding hydrogens is 462 g/mol. The van der Waals surface area contributed by atoms with Gasteiger partial charge in [0.25, 0.3) is 0 Å². The van der Waals surface area contributed by atoms with E-state index in [2.05, 4.69) is 33.8 Å². The van der Waals surface area contributed by atoms with E-state index in [1.165, 1.54) is 12.7 Å². The first kappa shape index (κ1) is 26.4. The highest BCUT2D eigenvalue weighted by atomic mass is 16.5. The van der Waals surface area contributed by atoms with Crippen LogP contribution in [-0.4, -0.2) is 24.6 Å². The number of allylic oxidation sites excluding steroid dienone is 4. The molecule has 5 aliphatic carbocycles. The molecule has 0 radical (unpaired) electrons. The van der Waals surface area contributed by atoms with Gasteiger partial charge in [0, 0.05) is 16.7 Å². The number of esters is 1. The van der Waals surface area contributed by atoms with Crippen LogP contribution in [0.15, 0.2) is 23.3 Å². The zero-order valence-corrected chi connectivity index (χ0v) is 23.9. The Morgan fingerprint density at radius 3 is 2.27 bits per heavy atom. The van der Waals surface area contributed by atoms with Gasteiger partial charge in [-0.25, -0.2) is 0 Å². The number of rotatable bonds is 1. The van der Waals surface area contributed by atoms with Crippen molar-refractivity contribution in [3.05, 3.63) is 23.3 Å². The normalized spacial score (nSPS) is 48.2. The fraction of sp³-hybridized carbons (Fsp3) is 0.750. The molecule has 0 N–H and O–H groups in total. The fourth-order valence-corrected chi connectivity index (χ4v) is 10.2. The molecule has 0 amide bonds. The summed E-state index contributed by atoms with van der Waals surface area (Å²) >= 11 is 0. The molecule has 5 heteroatoms. The standard InChI is InChI=1S/C32H43NO4/c1-27(2)23-9-10-32(7)24(30(23,5)16-19(18-33)25(27)35)22(34)15-20-21-17-29(4,26(36)37-8)12-11-28(21,3)13-14-31(20,32)6/h15-16,21,23-24H,9-14,17H2,1-8H3/t21?,23?,24?,28-,29+,30+,31-,32-/m1/s1. The van der Waals surface area contributed by atoms with Crippen molar-refractivity contribution >= 4 is 17.5 Å². The van der Waals surface area contributed by atoms with Gasteiger partial charge in [-0.3, -0.25) is 14.4 Å². The average Bonchev–Trinajstić information content (AvgIpc) is 2.83. The van der Waals surface area contributed by atoms with Gasteiger partial charge in [-0.05, 0) is 86.0 Å². The van der Waals surface area contributed by atoms with Crippen LogP contribution in [0, 0.1) is 61.6 Å². The molecule has 3 fully saturated rings. The topological polar surface area (TPSA) is 84.2 Å². The van der Waals surface area contributed by atoms with Gasteiger partial charge < -0.3 is 4.74 Å². The lowest BCUT2D eigenvalue weighted by molar-refractivity contribution is -0.172. The van der Waals surface area contributed by atoms with Gasteiger partial charge in [0.05, 0.1) is 18.1 Å². The quantitative estimate of drug-likeness (QED) is 0.386. The third kappa shape index (κ3) is 3.11. The number of carbonyl (C=O) groups is 3. The molecule has 5 aliphatic rings. The van der Waals surface area contributed by atoms with Crippen LogP contribution >= 0.6 is 0 Å². The summed E-state index contributed by atoms with van der Waals surface area (Å²) in [6.45, 7) is 15.1. The Balaban J connectivity index is 1.67. The zero-order chi connectivity index (χ0) is 27.4. The third-order valence-corrected chi connectivity index (χ3v) is 12.7. The second-order valence-electron chi connectivity index (χ2n) is 14.8. The van der Waals surface area contributed by atoms with E-state index in [1.54, 1.807) is 0 Å². The zero-order valence-electron chi connectivity index (χ0n) is 23.9. The van der Waals surface area contributed by atoms with E-state index in [4.69, 9.17) is 4.74 Å². The lowest BCUT2D eigenvalue weighted by Gasteiger charge is -2.69. The highest BCUT2D eigenvalue weighted by Gasteiger charge is 2.70. The van der Waals surface area contributed by atoms with Crippen LogP contribution in [0.5, 0.6) is 0 Å². The molecule has 200 valence electrons. The number of hydrogen-bond acceptors (Lipinski definition) is 5. The number of nitriles is 1. The van der Waals surface area contributed by atoms with Crippen molar-refractivity contribution in [2.45, 2.75) is 93.4 Å². The fourth-order valence-electron chi connectivity index (χ4n) is 10.2. The summed E-state index contributed by atoms with van der Waals surface area (Å²) in [5.41, 5.74) is -0.770. The number of methoxy groups -OCH3 is 1. The summed E-state index contributed by atoms with van der Waals surface area (Å²) in [5.74, 6) is -0.227. The summed E-state index contributed by atoms with van der Waals surface area (Å²) in [6, 6.07) is 2.16. The van der Waals surface area contributed by atoms with Gasteiger partial charge in [-0.15, -0.1) is 0 Å². The summed E-state index contributed by atoms with van der Waals surface area (Å²) in [7, 11) is 1.47. The van der Waals surface area contributed by atoms with Crippen molar-refractivity contribution in [3.63, 3.8) is 0 Å². The largest absolute Gasteiger partial charge is 0.469 e. The van der Waals surface area contributed by atoms with Gasteiger partial charge in [0.1, 0.15) is 6.07 Å². The number of nitrogens with zero attached hydrogens (tertiary/aromatic N) is 1. The average molecular weight is 506 g/mol. The van der Waals surface area contributed by atoms with Crippen molar-refractivity contribution in [2.24, 2.45) is 50.2 Å². The van der Waals surface area contributed by atoms with E-state index >= 15 is 0 Å². The number of ketones is 2. The minimum atomic E-state index is -0.683. The monoisotopic (exact) mass is 505 g/mol. The Morgan fingerprint density at radius 1 is 1.00 bits per heavy atom. The molecule has 8 atom stereocenters. The summed E-state index contributed by atoms with van der Waals surface area (Å²) < 4.78 is 5.23. The highest BCUT2D eigenvalue weighted by Crippen LogP contribution is 2.74. The van der Waals surface area contributed by atoms with Crippen LogP contribution in [0.1, 0.15) is 93.4 Å². The lowest BCUT2D eigenvalue weighted by atomic mass is 9.34. The molecule has 37 heavy (non-hydrogen) atoms. The first-order valence-corrected chi connectivity index (χ1v) is 14.1. The summed E-state index contributed by atoms with van der Waals surface area (Å²) in [5, 5.41) is 9.86. The Morgan fingerprint density at radius 2 is 1.65 bits per heavy atom. The van der Waals surface area contributed by atoms with Crippen LogP contribution in [-0.2, 0) is 19.1 Å².